The molecule has 3 heterocycles. The minimum absolute atomic E-state index is 0.0884. The second-order valence-electron chi connectivity index (χ2n) is 9.68. The minimum atomic E-state index is 0.0884. The number of nitrogens with zero attached hydrogens (tertiary/aromatic N) is 4. The Labute approximate surface area is 179 Å². The SMILES string of the molecule is Cc1ccc(-c2ccc3c(c2)[C@]2(C)CCN(C(=O)N4CCCCC4)[C@H](C3)[C@H]2C)nn1. The van der Waals surface area contributed by atoms with Crippen molar-refractivity contribution in [3.63, 3.8) is 0 Å². The van der Waals surface area contributed by atoms with E-state index in [0.717, 1.165) is 62.3 Å². The first-order valence-electron chi connectivity index (χ1n) is 11.5. The molecule has 0 N–H and O–H groups in total. The molecule has 1 aliphatic carbocycles. The van der Waals surface area contributed by atoms with Crippen LogP contribution in [0.1, 0.15) is 56.4 Å². The van der Waals surface area contributed by atoms with Crippen molar-refractivity contribution in [2.24, 2.45) is 5.92 Å². The lowest BCUT2D eigenvalue weighted by molar-refractivity contribution is 0.0386. The second kappa shape index (κ2) is 7.36. The predicted molar refractivity (Wildman–Crippen MR) is 118 cm³/mol. The Morgan fingerprint density at radius 1 is 1.07 bits per heavy atom. The smallest absolute Gasteiger partial charge is 0.320 e. The number of aromatic nitrogens is 2. The van der Waals surface area contributed by atoms with Gasteiger partial charge in [0.05, 0.1) is 11.4 Å². The van der Waals surface area contributed by atoms with Crippen molar-refractivity contribution in [2.45, 2.75) is 64.3 Å². The highest BCUT2D eigenvalue weighted by atomic mass is 16.2. The van der Waals surface area contributed by atoms with E-state index < -0.39 is 0 Å². The second-order valence-corrected chi connectivity index (χ2v) is 9.68. The number of aryl methyl sites for hydroxylation is 1. The van der Waals surface area contributed by atoms with Crippen LogP contribution in [0.4, 0.5) is 4.79 Å². The Balaban J connectivity index is 1.46. The largest absolute Gasteiger partial charge is 0.325 e. The number of carbonyl (C=O) groups is 1. The van der Waals surface area contributed by atoms with Gasteiger partial charge in [-0.25, -0.2) is 4.79 Å². The van der Waals surface area contributed by atoms with E-state index in [0.29, 0.717) is 5.92 Å². The zero-order valence-electron chi connectivity index (χ0n) is 18.4. The van der Waals surface area contributed by atoms with E-state index in [4.69, 9.17) is 0 Å². The molecule has 2 fully saturated rings. The molecule has 1 aromatic heterocycles. The molecule has 5 rings (SSSR count). The molecule has 0 spiro atoms. The Morgan fingerprint density at radius 3 is 2.60 bits per heavy atom. The zero-order valence-corrected chi connectivity index (χ0v) is 18.4. The lowest BCUT2D eigenvalue weighted by atomic mass is 9.59. The zero-order chi connectivity index (χ0) is 20.9. The fraction of sp³-hybridized carbons (Fsp3) is 0.560. The van der Waals surface area contributed by atoms with Crippen LogP contribution < -0.4 is 0 Å². The van der Waals surface area contributed by atoms with E-state index in [-0.39, 0.29) is 17.5 Å². The van der Waals surface area contributed by atoms with Crippen LogP contribution in [0, 0.1) is 12.8 Å². The first kappa shape index (κ1) is 19.5. The molecule has 30 heavy (non-hydrogen) atoms. The highest BCUT2D eigenvalue weighted by Crippen LogP contribution is 2.49. The Kier molecular flexibility index (Phi) is 4.79. The summed E-state index contributed by atoms with van der Waals surface area (Å²) in [5, 5.41) is 8.63. The first-order valence-corrected chi connectivity index (χ1v) is 11.5. The van der Waals surface area contributed by atoms with Gasteiger partial charge in [0, 0.05) is 31.2 Å². The molecular weight excluding hydrogens is 372 g/mol. The number of likely N-dealkylation sites (tertiary alicyclic amines) is 2. The third-order valence-corrected chi connectivity index (χ3v) is 7.97. The average molecular weight is 405 g/mol. The van der Waals surface area contributed by atoms with Crippen molar-refractivity contribution < 1.29 is 4.79 Å². The summed E-state index contributed by atoms with van der Waals surface area (Å²) in [4.78, 5) is 17.6. The van der Waals surface area contributed by atoms with Crippen LogP contribution in [0.3, 0.4) is 0 Å². The summed E-state index contributed by atoms with van der Waals surface area (Å²) in [5.74, 6) is 0.437. The topological polar surface area (TPSA) is 49.3 Å². The summed E-state index contributed by atoms with van der Waals surface area (Å²) in [6.07, 6.45) is 5.50. The van der Waals surface area contributed by atoms with E-state index in [1.807, 2.05) is 13.0 Å². The van der Waals surface area contributed by atoms with Crippen LogP contribution in [0.2, 0.25) is 0 Å². The maximum atomic E-state index is 13.3. The van der Waals surface area contributed by atoms with Crippen LogP contribution in [0.5, 0.6) is 0 Å². The molecule has 0 unspecified atom stereocenters. The van der Waals surface area contributed by atoms with Gasteiger partial charge < -0.3 is 9.80 Å². The molecule has 158 valence electrons. The molecule has 0 saturated carbocycles. The van der Waals surface area contributed by atoms with Crippen LogP contribution >= 0.6 is 0 Å². The molecule has 2 amide bonds. The van der Waals surface area contributed by atoms with Crippen molar-refractivity contribution in [1.29, 1.82) is 0 Å². The van der Waals surface area contributed by atoms with E-state index in [2.05, 4.69) is 58.1 Å². The summed E-state index contributed by atoms with van der Waals surface area (Å²) in [5.41, 5.74) is 5.92. The number of benzene rings is 1. The van der Waals surface area contributed by atoms with Gasteiger partial charge in [0.15, 0.2) is 0 Å². The predicted octanol–water partition coefficient (Wildman–Crippen LogP) is 4.58. The Hall–Kier alpha value is -2.43. The number of amides is 2. The summed E-state index contributed by atoms with van der Waals surface area (Å²) >= 11 is 0. The lowest BCUT2D eigenvalue weighted by Gasteiger charge is -2.55. The summed E-state index contributed by atoms with van der Waals surface area (Å²) < 4.78 is 0. The van der Waals surface area contributed by atoms with E-state index in [1.165, 1.54) is 17.5 Å². The maximum Gasteiger partial charge on any atom is 0.320 e. The number of fused-ring (bicyclic) bond motifs is 4. The standard InChI is InChI=1S/C25H32N4O/c1-17-7-10-22(27-26-17)20-9-8-19-16-23-18(2)25(3,21(19)15-20)11-14-29(23)24(30)28-12-5-4-6-13-28/h7-10,15,18,23H,4-6,11-14,16H2,1-3H3/t18-,23-,25-/m1/s1. The molecule has 2 bridgehead atoms. The summed E-state index contributed by atoms with van der Waals surface area (Å²) in [7, 11) is 0. The van der Waals surface area contributed by atoms with Crippen molar-refractivity contribution in [1.82, 2.24) is 20.0 Å². The number of piperidine rings is 2. The third-order valence-electron chi connectivity index (χ3n) is 7.97. The number of hydrogen-bond acceptors (Lipinski definition) is 3. The Bertz CT molecular complexity index is 950. The molecule has 3 aliphatic rings. The lowest BCUT2D eigenvalue weighted by Crippen LogP contribution is -2.62. The molecule has 1 aromatic carbocycles. The first-order chi connectivity index (χ1) is 14.5. The molecule has 2 saturated heterocycles. The molecule has 2 aliphatic heterocycles. The van der Waals surface area contributed by atoms with Crippen LogP contribution in [0.25, 0.3) is 11.3 Å². The average Bonchev–Trinajstić information content (AvgIpc) is 2.77. The monoisotopic (exact) mass is 404 g/mol. The molecule has 3 atom stereocenters. The number of urea groups is 1. The van der Waals surface area contributed by atoms with Crippen LogP contribution in [-0.4, -0.2) is 51.7 Å². The normalized spacial score (nSPS) is 28.2. The Morgan fingerprint density at radius 2 is 1.87 bits per heavy atom. The van der Waals surface area contributed by atoms with Gasteiger partial charge in [0.1, 0.15) is 0 Å². The van der Waals surface area contributed by atoms with E-state index >= 15 is 0 Å². The highest BCUT2D eigenvalue weighted by Gasteiger charge is 2.50. The van der Waals surface area contributed by atoms with Gasteiger partial charge in [-0.05, 0) is 79.7 Å². The maximum absolute atomic E-state index is 13.3. The molecule has 5 heteroatoms. The summed E-state index contributed by atoms with van der Waals surface area (Å²) in [6.45, 7) is 9.41. The van der Waals surface area contributed by atoms with Crippen molar-refractivity contribution in [3.8, 4) is 11.3 Å². The minimum Gasteiger partial charge on any atom is -0.325 e. The highest BCUT2D eigenvalue weighted by molar-refractivity contribution is 5.75. The van der Waals surface area contributed by atoms with Crippen molar-refractivity contribution >= 4 is 6.03 Å². The number of carbonyl (C=O) groups excluding carboxylic acids is 1. The quantitative estimate of drug-likeness (QED) is 0.699. The fourth-order valence-corrected chi connectivity index (χ4v) is 5.84. The van der Waals surface area contributed by atoms with Gasteiger partial charge in [0.2, 0.25) is 0 Å². The van der Waals surface area contributed by atoms with E-state index in [1.54, 1.807) is 0 Å². The number of hydrogen-bond donors (Lipinski definition) is 0. The number of rotatable bonds is 1. The molecule has 0 radical (unpaired) electrons. The van der Waals surface area contributed by atoms with E-state index in [9.17, 15) is 4.79 Å². The fourth-order valence-electron chi connectivity index (χ4n) is 5.84. The molecular formula is C25H32N4O. The van der Waals surface area contributed by atoms with Gasteiger partial charge in [-0.1, -0.05) is 26.0 Å². The summed E-state index contributed by atoms with van der Waals surface area (Å²) in [6, 6.07) is 11.4. The van der Waals surface area contributed by atoms with Gasteiger partial charge >= 0.3 is 6.03 Å². The van der Waals surface area contributed by atoms with Crippen molar-refractivity contribution in [3.05, 3.63) is 47.2 Å². The van der Waals surface area contributed by atoms with Crippen molar-refractivity contribution in [2.75, 3.05) is 19.6 Å². The van der Waals surface area contributed by atoms with Crippen LogP contribution in [0.15, 0.2) is 30.3 Å². The van der Waals surface area contributed by atoms with Gasteiger partial charge in [-0.15, -0.1) is 0 Å². The van der Waals surface area contributed by atoms with Gasteiger partial charge in [0.25, 0.3) is 0 Å². The molecule has 5 nitrogen and oxygen atoms in total. The molecule has 2 aromatic rings. The van der Waals surface area contributed by atoms with Crippen LogP contribution in [-0.2, 0) is 11.8 Å². The van der Waals surface area contributed by atoms with Gasteiger partial charge in [-0.2, -0.15) is 10.2 Å². The third kappa shape index (κ3) is 3.10. The van der Waals surface area contributed by atoms with Gasteiger partial charge in [-0.3, -0.25) is 0 Å².